The average Bonchev–Trinajstić information content (AvgIpc) is 2.72. The van der Waals surface area contributed by atoms with Crippen LogP contribution in [0.1, 0.15) is 43.7 Å². The van der Waals surface area contributed by atoms with Gasteiger partial charge in [-0.3, -0.25) is 9.79 Å². The molecule has 1 aromatic rings. The Labute approximate surface area is 182 Å². The molecule has 1 heterocycles. The zero-order valence-corrected chi connectivity index (χ0v) is 18.4. The van der Waals surface area contributed by atoms with Crippen molar-refractivity contribution in [3.8, 4) is 0 Å². The van der Waals surface area contributed by atoms with E-state index in [9.17, 15) is 18.0 Å². The lowest BCUT2D eigenvalue weighted by molar-refractivity contribution is -0.137. The third kappa shape index (κ3) is 8.40. The summed E-state index contributed by atoms with van der Waals surface area (Å²) in [7, 11) is 1.88. The monoisotopic (exact) mass is 441 g/mol. The molecule has 0 unspecified atom stereocenters. The van der Waals surface area contributed by atoms with Gasteiger partial charge in [-0.05, 0) is 69.9 Å². The molecule has 1 fully saturated rings. The highest BCUT2D eigenvalue weighted by Gasteiger charge is 2.30. The number of nitrogens with zero attached hydrogens (tertiary/aromatic N) is 3. The number of alkyl halides is 3. The second-order valence-corrected chi connectivity index (χ2v) is 8.01. The molecule has 0 aliphatic carbocycles. The van der Waals surface area contributed by atoms with E-state index in [0.29, 0.717) is 19.6 Å². The van der Waals surface area contributed by atoms with Gasteiger partial charge in [-0.25, -0.2) is 0 Å². The second-order valence-electron chi connectivity index (χ2n) is 8.01. The molecule has 2 rings (SSSR count). The van der Waals surface area contributed by atoms with Crippen LogP contribution >= 0.6 is 0 Å². The lowest BCUT2D eigenvalue weighted by Crippen LogP contribution is -2.39. The third-order valence-electron chi connectivity index (χ3n) is 5.53. The molecule has 0 atom stereocenters. The molecule has 174 valence electrons. The summed E-state index contributed by atoms with van der Waals surface area (Å²) in [5.41, 5.74) is 5.53. The summed E-state index contributed by atoms with van der Waals surface area (Å²) >= 11 is 0. The third-order valence-corrected chi connectivity index (χ3v) is 5.53. The van der Waals surface area contributed by atoms with E-state index < -0.39 is 11.7 Å². The van der Waals surface area contributed by atoms with E-state index >= 15 is 0 Å². The van der Waals surface area contributed by atoms with Crippen LogP contribution in [-0.4, -0.2) is 61.4 Å². The molecule has 0 bridgehead atoms. The van der Waals surface area contributed by atoms with Gasteiger partial charge in [0.2, 0.25) is 5.91 Å². The molecule has 9 heteroatoms. The fourth-order valence-electron chi connectivity index (χ4n) is 3.69. The average molecular weight is 442 g/mol. The molecule has 1 aliphatic rings. The molecule has 3 N–H and O–H groups in total. The maximum absolute atomic E-state index is 12.7. The van der Waals surface area contributed by atoms with Gasteiger partial charge in [0.1, 0.15) is 0 Å². The highest BCUT2D eigenvalue weighted by atomic mass is 19.4. The van der Waals surface area contributed by atoms with Crippen molar-refractivity contribution in [2.75, 3.05) is 39.8 Å². The van der Waals surface area contributed by atoms with Crippen molar-refractivity contribution in [2.45, 2.75) is 45.3 Å². The summed E-state index contributed by atoms with van der Waals surface area (Å²) in [4.78, 5) is 20.2. The number of piperidine rings is 1. The van der Waals surface area contributed by atoms with Crippen LogP contribution < -0.4 is 11.1 Å². The summed E-state index contributed by atoms with van der Waals surface area (Å²) in [6.45, 7) is 6.65. The van der Waals surface area contributed by atoms with Gasteiger partial charge < -0.3 is 20.9 Å². The number of nitrogens with two attached hydrogens (primary N) is 1. The van der Waals surface area contributed by atoms with Crippen LogP contribution in [-0.2, 0) is 17.5 Å². The number of unbranched alkanes of at least 4 members (excludes halogenated alkanes) is 1. The summed E-state index contributed by atoms with van der Waals surface area (Å²) in [6.07, 6.45) is -0.677. The Bertz CT molecular complexity index is 713. The van der Waals surface area contributed by atoms with Gasteiger partial charge >= 0.3 is 6.18 Å². The van der Waals surface area contributed by atoms with Crippen molar-refractivity contribution >= 4 is 11.9 Å². The van der Waals surface area contributed by atoms with Crippen LogP contribution in [0.15, 0.2) is 29.3 Å². The quantitative estimate of drug-likeness (QED) is 0.351. The van der Waals surface area contributed by atoms with Crippen molar-refractivity contribution in [1.82, 2.24) is 15.1 Å². The Balaban J connectivity index is 1.77. The summed E-state index contributed by atoms with van der Waals surface area (Å²) < 4.78 is 38.2. The summed E-state index contributed by atoms with van der Waals surface area (Å²) in [5.74, 6) is 0.568. The molecule has 0 saturated carbocycles. The number of guanidine groups is 1. The minimum Gasteiger partial charge on any atom is -0.369 e. The molecule has 1 amide bonds. The largest absolute Gasteiger partial charge is 0.416 e. The van der Waals surface area contributed by atoms with Gasteiger partial charge in [-0.1, -0.05) is 12.1 Å². The number of hydrogen-bond acceptors (Lipinski definition) is 3. The number of rotatable bonds is 9. The molecule has 1 saturated heterocycles. The molecule has 31 heavy (non-hydrogen) atoms. The number of hydrogen-bond donors (Lipinski definition) is 2. The van der Waals surface area contributed by atoms with E-state index in [2.05, 4.69) is 15.2 Å². The van der Waals surface area contributed by atoms with Gasteiger partial charge in [-0.2, -0.15) is 13.2 Å². The highest BCUT2D eigenvalue weighted by molar-refractivity contribution is 5.79. The van der Waals surface area contributed by atoms with E-state index in [0.717, 1.165) is 69.0 Å². The Morgan fingerprint density at radius 2 is 1.87 bits per heavy atom. The minimum atomic E-state index is -4.32. The van der Waals surface area contributed by atoms with Crippen LogP contribution in [0, 0.1) is 5.92 Å². The first-order chi connectivity index (χ1) is 14.7. The van der Waals surface area contributed by atoms with Crippen molar-refractivity contribution in [2.24, 2.45) is 16.6 Å². The standard InChI is InChI=1S/C22H34F3N5O/c1-3-27-21(29(2)16-17-6-8-19(9-7-17)22(23,24)25)28-12-4-5-13-30-14-10-18(11-15-30)20(26)31/h6-9,18H,3-5,10-16H2,1-2H3,(H2,26,31)(H,27,28). The fourth-order valence-corrected chi connectivity index (χ4v) is 3.69. The van der Waals surface area contributed by atoms with Crippen LogP contribution in [0.5, 0.6) is 0 Å². The molecule has 1 aliphatic heterocycles. The van der Waals surface area contributed by atoms with Crippen molar-refractivity contribution in [1.29, 1.82) is 0 Å². The van der Waals surface area contributed by atoms with Gasteiger partial charge in [-0.15, -0.1) is 0 Å². The zero-order valence-electron chi connectivity index (χ0n) is 18.4. The molecule has 0 radical (unpaired) electrons. The van der Waals surface area contributed by atoms with Crippen LogP contribution in [0.25, 0.3) is 0 Å². The lowest BCUT2D eigenvalue weighted by atomic mass is 9.96. The van der Waals surface area contributed by atoms with Gasteiger partial charge in [0.15, 0.2) is 5.96 Å². The van der Waals surface area contributed by atoms with E-state index in [1.165, 1.54) is 12.1 Å². The van der Waals surface area contributed by atoms with Gasteiger partial charge in [0.05, 0.1) is 5.56 Å². The molecular weight excluding hydrogens is 407 g/mol. The molecule has 0 spiro atoms. The Kier molecular flexibility index (Phi) is 9.61. The maximum Gasteiger partial charge on any atom is 0.416 e. The van der Waals surface area contributed by atoms with Crippen molar-refractivity contribution in [3.63, 3.8) is 0 Å². The summed E-state index contributed by atoms with van der Waals surface area (Å²) in [5, 5.41) is 3.24. The van der Waals surface area contributed by atoms with Crippen molar-refractivity contribution in [3.05, 3.63) is 35.4 Å². The number of amides is 1. The zero-order chi connectivity index (χ0) is 22.9. The number of halogens is 3. The first-order valence-corrected chi connectivity index (χ1v) is 10.9. The van der Waals surface area contributed by atoms with E-state index in [4.69, 9.17) is 5.73 Å². The first kappa shape index (κ1) is 25.0. The number of carbonyl (C=O) groups excluding carboxylic acids is 1. The summed E-state index contributed by atoms with van der Waals surface area (Å²) in [6, 6.07) is 5.23. The Morgan fingerprint density at radius 1 is 1.23 bits per heavy atom. The topological polar surface area (TPSA) is 74.0 Å². The highest BCUT2D eigenvalue weighted by Crippen LogP contribution is 2.29. The van der Waals surface area contributed by atoms with Gasteiger partial charge in [0.25, 0.3) is 0 Å². The Morgan fingerprint density at radius 3 is 2.42 bits per heavy atom. The molecule has 1 aromatic carbocycles. The molecular formula is C22H34F3N5O. The fraction of sp³-hybridized carbons (Fsp3) is 0.636. The molecule has 0 aromatic heterocycles. The van der Waals surface area contributed by atoms with Gasteiger partial charge in [0, 0.05) is 32.6 Å². The second kappa shape index (κ2) is 11.9. The minimum absolute atomic E-state index is 0.0173. The predicted molar refractivity (Wildman–Crippen MR) is 116 cm³/mol. The number of benzene rings is 1. The normalized spacial score (nSPS) is 16.4. The van der Waals surface area contributed by atoms with Crippen LogP contribution in [0.2, 0.25) is 0 Å². The first-order valence-electron chi connectivity index (χ1n) is 10.9. The number of nitrogens with one attached hydrogen (secondary N) is 1. The van der Waals surface area contributed by atoms with E-state index in [1.807, 2.05) is 18.9 Å². The SMILES string of the molecule is CCNC(=NCCCCN1CCC(C(N)=O)CC1)N(C)Cc1ccc(C(F)(F)F)cc1. The Hall–Kier alpha value is -2.29. The number of aliphatic imine (C=N–C) groups is 1. The van der Waals surface area contributed by atoms with Crippen LogP contribution in [0.3, 0.4) is 0 Å². The smallest absolute Gasteiger partial charge is 0.369 e. The molecule has 6 nitrogen and oxygen atoms in total. The number of primary amides is 1. The lowest BCUT2D eigenvalue weighted by Gasteiger charge is -2.30. The predicted octanol–water partition coefficient (Wildman–Crippen LogP) is 3.08. The van der Waals surface area contributed by atoms with E-state index in [1.54, 1.807) is 0 Å². The van der Waals surface area contributed by atoms with E-state index in [-0.39, 0.29) is 11.8 Å². The number of likely N-dealkylation sites (tertiary alicyclic amines) is 1. The maximum atomic E-state index is 12.7. The van der Waals surface area contributed by atoms with Crippen LogP contribution in [0.4, 0.5) is 13.2 Å². The number of carbonyl (C=O) groups is 1. The van der Waals surface area contributed by atoms with Crippen molar-refractivity contribution < 1.29 is 18.0 Å².